The molecular formula is C15H15BrN2O2. The van der Waals surface area contributed by atoms with Gasteiger partial charge >= 0.3 is 0 Å². The highest BCUT2D eigenvalue weighted by Crippen LogP contribution is 2.23. The van der Waals surface area contributed by atoms with E-state index in [1.165, 1.54) is 0 Å². The fourth-order valence-corrected chi connectivity index (χ4v) is 2.30. The molecule has 1 amide bonds. The molecule has 1 heterocycles. The number of aromatic nitrogens is 1. The highest BCUT2D eigenvalue weighted by molar-refractivity contribution is 9.10. The van der Waals surface area contributed by atoms with E-state index in [9.17, 15) is 4.79 Å². The van der Waals surface area contributed by atoms with E-state index in [1.807, 2.05) is 31.2 Å². The van der Waals surface area contributed by atoms with E-state index in [4.69, 9.17) is 4.74 Å². The Labute approximate surface area is 126 Å². The van der Waals surface area contributed by atoms with Gasteiger partial charge in [0.05, 0.1) is 13.5 Å². The van der Waals surface area contributed by atoms with E-state index >= 15 is 0 Å². The second kappa shape index (κ2) is 6.52. The van der Waals surface area contributed by atoms with Crippen LogP contribution in [0.15, 0.2) is 41.0 Å². The highest BCUT2D eigenvalue weighted by atomic mass is 79.9. The summed E-state index contributed by atoms with van der Waals surface area (Å²) in [4.78, 5) is 16.2. The van der Waals surface area contributed by atoms with Crippen molar-refractivity contribution in [2.45, 2.75) is 13.3 Å². The van der Waals surface area contributed by atoms with E-state index < -0.39 is 0 Å². The van der Waals surface area contributed by atoms with Crippen LogP contribution in [-0.2, 0) is 11.2 Å². The minimum Gasteiger partial charge on any atom is -0.496 e. The Hall–Kier alpha value is -1.88. The molecule has 5 heteroatoms. The summed E-state index contributed by atoms with van der Waals surface area (Å²) >= 11 is 3.40. The molecule has 104 valence electrons. The number of carbonyl (C=O) groups is 1. The Balaban J connectivity index is 2.10. The molecule has 0 radical (unpaired) electrons. The van der Waals surface area contributed by atoms with Crippen molar-refractivity contribution in [2.24, 2.45) is 0 Å². The molecule has 0 aliphatic heterocycles. The number of hydrogen-bond donors (Lipinski definition) is 1. The van der Waals surface area contributed by atoms with Crippen LogP contribution in [0.3, 0.4) is 0 Å². The van der Waals surface area contributed by atoms with Crippen molar-refractivity contribution in [3.05, 3.63) is 52.3 Å². The Morgan fingerprint density at radius 1 is 1.35 bits per heavy atom. The van der Waals surface area contributed by atoms with Crippen molar-refractivity contribution in [2.75, 3.05) is 12.4 Å². The van der Waals surface area contributed by atoms with Gasteiger partial charge in [0.15, 0.2) is 0 Å². The van der Waals surface area contributed by atoms with Gasteiger partial charge in [0, 0.05) is 27.6 Å². The van der Waals surface area contributed by atoms with Crippen molar-refractivity contribution >= 4 is 27.5 Å². The summed E-state index contributed by atoms with van der Waals surface area (Å²) in [6.45, 7) is 1.88. The second-order valence-corrected chi connectivity index (χ2v) is 5.28. The minimum atomic E-state index is -0.0907. The quantitative estimate of drug-likeness (QED) is 0.932. The van der Waals surface area contributed by atoms with Gasteiger partial charge in [-0.05, 0) is 37.3 Å². The molecule has 0 unspecified atom stereocenters. The first-order valence-electron chi connectivity index (χ1n) is 6.13. The Bertz CT molecular complexity index is 629. The number of halogens is 1. The summed E-state index contributed by atoms with van der Waals surface area (Å²) in [7, 11) is 1.59. The Morgan fingerprint density at radius 2 is 2.15 bits per heavy atom. The second-order valence-electron chi connectivity index (χ2n) is 4.37. The van der Waals surface area contributed by atoms with Gasteiger partial charge < -0.3 is 10.1 Å². The fourth-order valence-electron chi connectivity index (χ4n) is 1.89. The maximum absolute atomic E-state index is 12.1. The SMILES string of the molecule is COc1ccc(Br)cc1CC(=O)Nc1ccnc(C)c1. The number of ether oxygens (including phenoxy) is 1. The molecule has 0 spiro atoms. The molecule has 0 aliphatic rings. The number of rotatable bonds is 4. The van der Waals surface area contributed by atoms with E-state index in [-0.39, 0.29) is 12.3 Å². The normalized spacial score (nSPS) is 10.2. The zero-order valence-electron chi connectivity index (χ0n) is 11.3. The predicted molar refractivity (Wildman–Crippen MR) is 82.0 cm³/mol. The van der Waals surface area contributed by atoms with Crippen molar-refractivity contribution in [1.29, 1.82) is 0 Å². The van der Waals surface area contributed by atoms with Gasteiger partial charge in [0.25, 0.3) is 0 Å². The summed E-state index contributed by atoms with van der Waals surface area (Å²) in [5, 5.41) is 2.85. The van der Waals surface area contributed by atoms with E-state index in [0.717, 1.165) is 21.4 Å². The van der Waals surface area contributed by atoms with Crippen LogP contribution in [0, 0.1) is 6.92 Å². The molecule has 20 heavy (non-hydrogen) atoms. The first-order valence-corrected chi connectivity index (χ1v) is 6.92. The molecular weight excluding hydrogens is 320 g/mol. The lowest BCUT2D eigenvalue weighted by molar-refractivity contribution is -0.115. The number of aryl methyl sites for hydroxylation is 1. The average Bonchev–Trinajstić information content (AvgIpc) is 2.38. The Morgan fingerprint density at radius 3 is 2.85 bits per heavy atom. The first kappa shape index (κ1) is 14.5. The average molecular weight is 335 g/mol. The number of carbonyl (C=O) groups excluding carboxylic acids is 1. The van der Waals surface area contributed by atoms with Crippen LogP contribution in [0.25, 0.3) is 0 Å². The van der Waals surface area contributed by atoms with Crippen LogP contribution in [0.5, 0.6) is 5.75 Å². The molecule has 0 fully saturated rings. The first-order chi connectivity index (χ1) is 9.58. The number of amides is 1. The number of methoxy groups -OCH3 is 1. The number of benzene rings is 1. The van der Waals surface area contributed by atoms with Crippen molar-refractivity contribution < 1.29 is 9.53 Å². The maximum atomic E-state index is 12.1. The lowest BCUT2D eigenvalue weighted by Gasteiger charge is -2.10. The molecule has 4 nitrogen and oxygen atoms in total. The van der Waals surface area contributed by atoms with Crippen molar-refractivity contribution in [3.63, 3.8) is 0 Å². The van der Waals surface area contributed by atoms with Crippen LogP contribution >= 0.6 is 15.9 Å². The van der Waals surface area contributed by atoms with Crippen molar-refractivity contribution in [1.82, 2.24) is 4.98 Å². The molecule has 2 aromatic rings. The number of pyridine rings is 1. The summed E-state index contributed by atoms with van der Waals surface area (Å²) < 4.78 is 6.18. The van der Waals surface area contributed by atoms with Gasteiger partial charge in [-0.25, -0.2) is 0 Å². The van der Waals surface area contributed by atoms with Crippen LogP contribution < -0.4 is 10.1 Å². The van der Waals surface area contributed by atoms with Gasteiger partial charge in [-0.1, -0.05) is 15.9 Å². The third kappa shape index (κ3) is 3.81. The van der Waals surface area contributed by atoms with Gasteiger partial charge in [-0.15, -0.1) is 0 Å². The molecule has 1 aromatic heterocycles. The molecule has 0 saturated heterocycles. The lowest BCUT2D eigenvalue weighted by Crippen LogP contribution is -2.15. The third-order valence-electron chi connectivity index (χ3n) is 2.77. The predicted octanol–water partition coefficient (Wildman–Crippen LogP) is 3.34. The van der Waals surface area contributed by atoms with Crippen LogP contribution in [0.4, 0.5) is 5.69 Å². The monoisotopic (exact) mass is 334 g/mol. The number of nitrogens with one attached hydrogen (secondary N) is 1. The third-order valence-corrected chi connectivity index (χ3v) is 3.27. The van der Waals surface area contributed by atoms with Gasteiger partial charge in [-0.2, -0.15) is 0 Å². The number of nitrogens with zero attached hydrogens (tertiary/aromatic N) is 1. The maximum Gasteiger partial charge on any atom is 0.228 e. The zero-order chi connectivity index (χ0) is 14.5. The van der Waals surface area contributed by atoms with Crippen LogP contribution in [-0.4, -0.2) is 18.0 Å². The standard InChI is InChI=1S/C15H15BrN2O2/c1-10-7-13(5-6-17-10)18-15(19)9-11-8-12(16)3-4-14(11)20-2/h3-8H,9H2,1-2H3,(H,17,18,19). The van der Waals surface area contributed by atoms with Gasteiger partial charge in [0.2, 0.25) is 5.91 Å². The van der Waals surface area contributed by atoms with Crippen LogP contribution in [0.1, 0.15) is 11.3 Å². The molecule has 0 atom stereocenters. The van der Waals surface area contributed by atoms with E-state index in [0.29, 0.717) is 5.75 Å². The van der Waals surface area contributed by atoms with E-state index in [2.05, 4.69) is 26.2 Å². The fraction of sp³-hybridized carbons (Fsp3) is 0.200. The molecule has 0 aliphatic carbocycles. The summed E-state index contributed by atoms with van der Waals surface area (Å²) in [5.74, 6) is 0.612. The smallest absolute Gasteiger partial charge is 0.228 e. The zero-order valence-corrected chi connectivity index (χ0v) is 12.9. The van der Waals surface area contributed by atoms with E-state index in [1.54, 1.807) is 19.4 Å². The molecule has 2 rings (SSSR count). The molecule has 0 saturated carbocycles. The van der Waals surface area contributed by atoms with Gasteiger partial charge in [0.1, 0.15) is 5.75 Å². The summed E-state index contributed by atoms with van der Waals surface area (Å²) in [6.07, 6.45) is 1.93. The molecule has 0 bridgehead atoms. The lowest BCUT2D eigenvalue weighted by atomic mass is 10.1. The highest BCUT2D eigenvalue weighted by Gasteiger charge is 2.10. The van der Waals surface area contributed by atoms with Gasteiger partial charge in [-0.3, -0.25) is 9.78 Å². The molecule has 1 aromatic carbocycles. The van der Waals surface area contributed by atoms with Crippen molar-refractivity contribution in [3.8, 4) is 5.75 Å². The number of anilines is 1. The Kier molecular flexibility index (Phi) is 4.74. The largest absolute Gasteiger partial charge is 0.496 e. The summed E-state index contributed by atoms with van der Waals surface area (Å²) in [6, 6.07) is 9.20. The summed E-state index contributed by atoms with van der Waals surface area (Å²) in [5.41, 5.74) is 2.45. The minimum absolute atomic E-state index is 0.0907. The molecule has 1 N–H and O–H groups in total. The van der Waals surface area contributed by atoms with Crippen LogP contribution in [0.2, 0.25) is 0 Å². The topological polar surface area (TPSA) is 51.2 Å². The number of hydrogen-bond acceptors (Lipinski definition) is 3.